The number of hydrogen-bond donors (Lipinski definition) is 2. The summed E-state index contributed by atoms with van der Waals surface area (Å²) in [5.41, 5.74) is 3.45. The number of nitrogens with one attached hydrogen (secondary N) is 1. The van der Waals surface area contributed by atoms with Crippen LogP contribution in [0.1, 0.15) is 36.5 Å². The molecule has 0 radical (unpaired) electrons. The SMILES string of the molecule is O[C@H](CCN1CCC(Cc2ccccc2)CC1)c1ccc2[nH]ncc2c1. The Bertz CT molecular complexity index is 822. The van der Waals surface area contributed by atoms with Crippen molar-refractivity contribution in [1.82, 2.24) is 15.1 Å². The smallest absolute Gasteiger partial charge is 0.0802 e. The topological polar surface area (TPSA) is 52.1 Å². The molecule has 1 aliphatic heterocycles. The third kappa shape index (κ3) is 4.14. The summed E-state index contributed by atoms with van der Waals surface area (Å²) >= 11 is 0. The van der Waals surface area contributed by atoms with Gasteiger partial charge in [0.1, 0.15) is 0 Å². The summed E-state index contributed by atoms with van der Waals surface area (Å²) in [5.74, 6) is 0.794. The van der Waals surface area contributed by atoms with Gasteiger partial charge in [0.05, 0.1) is 17.8 Å². The Balaban J connectivity index is 1.24. The molecule has 2 aromatic carbocycles. The van der Waals surface area contributed by atoms with Crippen LogP contribution in [0.4, 0.5) is 0 Å². The van der Waals surface area contributed by atoms with Crippen LogP contribution in [0.15, 0.2) is 54.7 Å². The summed E-state index contributed by atoms with van der Waals surface area (Å²) in [5, 5.41) is 18.6. The summed E-state index contributed by atoms with van der Waals surface area (Å²) in [4.78, 5) is 2.50. The molecule has 4 heteroatoms. The third-order valence-corrected chi connectivity index (χ3v) is 5.64. The molecule has 1 atom stereocenters. The lowest BCUT2D eigenvalue weighted by atomic mass is 9.90. The Morgan fingerprint density at radius 2 is 1.92 bits per heavy atom. The van der Waals surface area contributed by atoms with Crippen LogP contribution in [0.25, 0.3) is 10.9 Å². The molecule has 0 amide bonds. The molecule has 1 saturated heterocycles. The second kappa shape index (κ2) is 8.02. The van der Waals surface area contributed by atoms with Crippen LogP contribution >= 0.6 is 0 Å². The van der Waals surface area contributed by atoms with Gasteiger partial charge in [-0.25, -0.2) is 0 Å². The van der Waals surface area contributed by atoms with Gasteiger partial charge in [0.15, 0.2) is 0 Å². The highest BCUT2D eigenvalue weighted by Crippen LogP contribution is 2.24. The monoisotopic (exact) mass is 349 g/mol. The van der Waals surface area contributed by atoms with Crippen LogP contribution in [0, 0.1) is 5.92 Å². The van der Waals surface area contributed by atoms with Crippen molar-refractivity contribution in [2.75, 3.05) is 19.6 Å². The maximum absolute atomic E-state index is 10.5. The molecule has 0 saturated carbocycles. The van der Waals surface area contributed by atoms with Gasteiger partial charge in [0.2, 0.25) is 0 Å². The lowest BCUT2D eigenvalue weighted by Crippen LogP contribution is -2.35. The first-order chi connectivity index (χ1) is 12.8. The number of rotatable bonds is 6. The van der Waals surface area contributed by atoms with E-state index in [1.165, 1.54) is 24.8 Å². The predicted octanol–water partition coefficient (Wildman–Crippen LogP) is 3.94. The number of H-pyrrole nitrogens is 1. The van der Waals surface area contributed by atoms with Crippen molar-refractivity contribution in [3.8, 4) is 0 Å². The van der Waals surface area contributed by atoms with E-state index in [1.54, 1.807) is 0 Å². The molecule has 0 bridgehead atoms. The highest BCUT2D eigenvalue weighted by Gasteiger charge is 2.20. The van der Waals surface area contributed by atoms with Crippen molar-refractivity contribution in [2.24, 2.45) is 5.92 Å². The summed E-state index contributed by atoms with van der Waals surface area (Å²) in [6, 6.07) is 16.9. The molecule has 2 heterocycles. The Hall–Kier alpha value is -2.17. The molecule has 3 aromatic rings. The number of benzene rings is 2. The summed E-state index contributed by atoms with van der Waals surface area (Å²) in [6.45, 7) is 3.25. The zero-order chi connectivity index (χ0) is 17.8. The van der Waals surface area contributed by atoms with Crippen molar-refractivity contribution in [3.63, 3.8) is 0 Å². The van der Waals surface area contributed by atoms with E-state index in [-0.39, 0.29) is 0 Å². The van der Waals surface area contributed by atoms with Crippen LogP contribution in [0.3, 0.4) is 0 Å². The van der Waals surface area contributed by atoms with Crippen LogP contribution in [-0.2, 0) is 6.42 Å². The summed E-state index contributed by atoms with van der Waals surface area (Å²) < 4.78 is 0. The first-order valence-corrected chi connectivity index (χ1v) is 9.65. The predicted molar refractivity (Wildman–Crippen MR) is 105 cm³/mol. The number of aromatic nitrogens is 2. The molecule has 1 aliphatic rings. The van der Waals surface area contributed by atoms with E-state index in [1.807, 2.05) is 24.4 Å². The first kappa shape index (κ1) is 17.3. The standard InChI is InChI=1S/C22H27N3O/c26-22(19-6-7-21-20(15-19)16-23-24-21)10-13-25-11-8-18(9-12-25)14-17-4-2-1-3-5-17/h1-7,15-16,18,22,26H,8-14H2,(H,23,24)/t22-/m1/s1. The molecule has 136 valence electrons. The van der Waals surface area contributed by atoms with E-state index in [0.717, 1.165) is 48.4 Å². The molecule has 4 rings (SSSR count). The average Bonchev–Trinajstić information content (AvgIpc) is 3.16. The van der Waals surface area contributed by atoms with Crippen molar-refractivity contribution in [2.45, 2.75) is 31.8 Å². The number of fused-ring (bicyclic) bond motifs is 1. The number of aromatic amines is 1. The fourth-order valence-electron chi connectivity index (χ4n) is 4.00. The van der Waals surface area contributed by atoms with Gasteiger partial charge >= 0.3 is 0 Å². The molecular weight excluding hydrogens is 322 g/mol. The largest absolute Gasteiger partial charge is 0.388 e. The van der Waals surface area contributed by atoms with Crippen LogP contribution < -0.4 is 0 Å². The molecule has 26 heavy (non-hydrogen) atoms. The fraction of sp³-hybridized carbons (Fsp3) is 0.409. The molecule has 0 unspecified atom stereocenters. The number of aliphatic hydroxyl groups excluding tert-OH is 1. The normalized spacial score (nSPS) is 17.6. The summed E-state index contributed by atoms with van der Waals surface area (Å²) in [7, 11) is 0. The Morgan fingerprint density at radius 1 is 1.12 bits per heavy atom. The minimum Gasteiger partial charge on any atom is -0.388 e. The van der Waals surface area contributed by atoms with Crippen molar-refractivity contribution in [3.05, 3.63) is 65.9 Å². The molecule has 4 nitrogen and oxygen atoms in total. The number of nitrogens with zero attached hydrogens (tertiary/aromatic N) is 2. The highest BCUT2D eigenvalue weighted by molar-refractivity contribution is 5.78. The van der Waals surface area contributed by atoms with E-state index >= 15 is 0 Å². The fourth-order valence-corrected chi connectivity index (χ4v) is 4.00. The number of hydrogen-bond acceptors (Lipinski definition) is 3. The summed E-state index contributed by atoms with van der Waals surface area (Å²) in [6.07, 6.45) is 5.90. The molecule has 2 N–H and O–H groups in total. The van der Waals surface area contributed by atoms with Crippen LogP contribution in [0.5, 0.6) is 0 Å². The molecule has 0 spiro atoms. The van der Waals surface area contributed by atoms with Crippen molar-refractivity contribution >= 4 is 10.9 Å². The average molecular weight is 349 g/mol. The van der Waals surface area contributed by atoms with Gasteiger partial charge in [-0.05, 0) is 68.0 Å². The number of aliphatic hydroxyl groups is 1. The second-order valence-electron chi connectivity index (χ2n) is 7.50. The minimum atomic E-state index is -0.406. The zero-order valence-electron chi connectivity index (χ0n) is 15.1. The highest BCUT2D eigenvalue weighted by atomic mass is 16.3. The number of likely N-dealkylation sites (tertiary alicyclic amines) is 1. The molecule has 1 fully saturated rings. The van der Waals surface area contributed by atoms with Crippen LogP contribution in [-0.4, -0.2) is 39.8 Å². The molecule has 0 aliphatic carbocycles. The van der Waals surface area contributed by atoms with Gasteiger partial charge in [0.25, 0.3) is 0 Å². The van der Waals surface area contributed by atoms with E-state index < -0.39 is 6.10 Å². The third-order valence-electron chi connectivity index (χ3n) is 5.64. The van der Waals surface area contributed by atoms with Gasteiger partial charge in [-0.2, -0.15) is 5.10 Å². The van der Waals surface area contributed by atoms with Gasteiger partial charge in [0, 0.05) is 11.9 Å². The van der Waals surface area contributed by atoms with Gasteiger partial charge < -0.3 is 10.0 Å². The maximum atomic E-state index is 10.5. The Morgan fingerprint density at radius 3 is 2.73 bits per heavy atom. The first-order valence-electron chi connectivity index (χ1n) is 9.65. The second-order valence-corrected chi connectivity index (χ2v) is 7.50. The molecule has 1 aromatic heterocycles. The lowest BCUT2D eigenvalue weighted by molar-refractivity contribution is 0.123. The van der Waals surface area contributed by atoms with Gasteiger partial charge in [-0.1, -0.05) is 36.4 Å². The van der Waals surface area contributed by atoms with Crippen LogP contribution in [0.2, 0.25) is 0 Å². The minimum absolute atomic E-state index is 0.406. The quantitative estimate of drug-likeness (QED) is 0.709. The van der Waals surface area contributed by atoms with Gasteiger partial charge in [-0.3, -0.25) is 5.10 Å². The zero-order valence-corrected chi connectivity index (χ0v) is 15.1. The van der Waals surface area contributed by atoms with E-state index in [9.17, 15) is 5.11 Å². The van der Waals surface area contributed by atoms with Gasteiger partial charge in [-0.15, -0.1) is 0 Å². The van der Waals surface area contributed by atoms with E-state index in [4.69, 9.17) is 0 Å². The van der Waals surface area contributed by atoms with E-state index in [2.05, 4.69) is 45.4 Å². The van der Waals surface area contributed by atoms with E-state index in [0.29, 0.717) is 0 Å². The van der Waals surface area contributed by atoms with Crippen molar-refractivity contribution < 1.29 is 5.11 Å². The Kier molecular flexibility index (Phi) is 5.32. The Labute approximate surface area is 154 Å². The maximum Gasteiger partial charge on any atom is 0.0802 e. The number of piperidine rings is 1. The lowest BCUT2D eigenvalue weighted by Gasteiger charge is -2.32. The molecular formula is C22H27N3O. The van der Waals surface area contributed by atoms with Crippen molar-refractivity contribution in [1.29, 1.82) is 0 Å².